The first kappa shape index (κ1) is 66.7. The van der Waals surface area contributed by atoms with Gasteiger partial charge in [-0.1, -0.05) is 115 Å². The van der Waals surface area contributed by atoms with Crippen LogP contribution in [-0.2, 0) is 49.5 Å². The topological polar surface area (TPSA) is 146 Å². The minimum atomic E-state index is -0.380. The summed E-state index contributed by atoms with van der Waals surface area (Å²) in [5.41, 5.74) is 18.4. The number of ketones is 4. The number of carbonyl (C=O) groups excluding carboxylic acids is 6. The van der Waals surface area contributed by atoms with Gasteiger partial charge >= 0.3 is 0 Å². The number of fused-ring (bicyclic) bond motifs is 4. The highest BCUT2D eigenvalue weighted by molar-refractivity contribution is 6.41. The molecular weight excluding hydrogens is 1280 g/mol. The summed E-state index contributed by atoms with van der Waals surface area (Å²) < 4.78 is 17.7. The minimum absolute atomic E-state index is 0.105. The molecule has 10 aliphatic rings. The lowest BCUT2D eigenvalue weighted by molar-refractivity contribution is -0.116. The molecule has 0 N–H and O–H groups in total. The molecule has 14 nitrogen and oxygen atoms in total. The standard InChI is InChI=1S/C33H29N3O3.C29H25NO3.C27H23NO3/c1-23-20-26(22-29(39-23)17-15-24-16-18-30-25(21-24)10-9-19-34(30)2)31-32(37)35(27-11-5-3-6-12-27)36(33(31)38)28-13-7-4-8-14-28;1-18-14-22(26-28(31)24-8-2-3-9-25(24)29(26)32)17-23(33-18)11-10-19-15-20-6-4-12-30-13-5-7-21(16-19)27(20)30;1-17-14-20(25-26(29)22-7-3-4-8-23(22)27(25)30)16-21(31-17)11-9-18-10-12-24-19(15-18)6-5-13-28(24)2/h3-8,11-18,20-22H,9-10,19H2,1-2H3;2-3,8-11,14-17H,4-7,12-13H2,1H3;3-4,7-12,14-16H,5-6,13H2,1-2H3/b17-15+;11-10+;11-9+. The predicted octanol–water partition coefficient (Wildman–Crippen LogP) is 17.1. The monoisotopic (exact) mass is 1360 g/mol. The highest BCUT2D eigenvalue weighted by Crippen LogP contribution is 2.40. The van der Waals surface area contributed by atoms with Gasteiger partial charge in [0.1, 0.15) is 40.1 Å². The summed E-state index contributed by atoms with van der Waals surface area (Å²) in [6, 6.07) is 50.0. The molecule has 7 aromatic rings. The van der Waals surface area contributed by atoms with Crippen LogP contribution in [0.2, 0.25) is 0 Å². The molecule has 103 heavy (non-hydrogen) atoms. The summed E-state index contributed by atoms with van der Waals surface area (Å²) in [4.78, 5) is 86.4. The van der Waals surface area contributed by atoms with Crippen LogP contribution in [0.15, 0.2) is 280 Å². The molecule has 0 spiro atoms. The number of hydrogen-bond donors (Lipinski definition) is 0. The van der Waals surface area contributed by atoms with Crippen LogP contribution in [0.5, 0.6) is 0 Å². The summed E-state index contributed by atoms with van der Waals surface area (Å²) in [6.07, 6.45) is 31.5. The Morgan fingerprint density at radius 1 is 0.340 bits per heavy atom. The van der Waals surface area contributed by atoms with E-state index in [9.17, 15) is 28.8 Å². The molecule has 14 heteroatoms. The van der Waals surface area contributed by atoms with Crippen LogP contribution in [0.3, 0.4) is 0 Å². The molecule has 0 radical (unpaired) electrons. The second-order valence-electron chi connectivity index (χ2n) is 27.2. The zero-order valence-corrected chi connectivity index (χ0v) is 58.3. The first-order valence-corrected chi connectivity index (χ1v) is 35.3. The second-order valence-corrected chi connectivity index (χ2v) is 27.2. The Kier molecular flexibility index (Phi) is 18.4. The fourth-order valence-electron chi connectivity index (χ4n) is 15.3. The fourth-order valence-corrected chi connectivity index (χ4v) is 15.3. The van der Waals surface area contributed by atoms with Crippen molar-refractivity contribution in [2.45, 2.75) is 72.1 Å². The van der Waals surface area contributed by atoms with Gasteiger partial charge in [0.25, 0.3) is 11.8 Å². The predicted molar refractivity (Wildman–Crippen MR) is 406 cm³/mol. The number of Topliss-reactive ketones (excluding diaryl/α,β-unsaturated/α-hetero) is 4. The molecule has 8 aliphatic heterocycles. The van der Waals surface area contributed by atoms with Crippen molar-refractivity contribution in [3.8, 4) is 0 Å². The number of aryl methyl sites for hydroxylation is 4. The zero-order valence-electron chi connectivity index (χ0n) is 58.3. The number of nitrogens with zero attached hydrogens (tertiary/aromatic N) is 5. The Balaban J connectivity index is 0.000000126. The molecule has 0 saturated carbocycles. The number of rotatable bonds is 8. The van der Waals surface area contributed by atoms with E-state index in [-0.39, 0.29) is 51.7 Å². The van der Waals surface area contributed by atoms with Crippen LogP contribution in [0, 0.1) is 0 Å². The Bertz CT molecular complexity index is 5000. The van der Waals surface area contributed by atoms with Crippen LogP contribution in [0.1, 0.15) is 127 Å². The van der Waals surface area contributed by atoms with E-state index in [4.69, 9.17) is 14.2 Å². The third-order valence-electron chi connectivity index (χ3n) is 20.0. The molecule has 512 valence electrons. The molecule has 1 saturated heterocycles. The van der Waals surface area contributed by atoms with Crippen molar-refractivity contribution in [3.05, 3.63) is 342 Å². The van der Waals surface area contributed by atoms with Crippen LogP contribution < -0.4 is 24.7 Å². The SMILES string of the molecule is CC1=CC(=C2C(=O)N(c3ccccc3)N(c3ccccc3)C2=O)C=C(/C=C/c2ccc3c(c2)CCCN3C)O1.CC1=CC(=C2C(=O)c3ccccc3C2=O)C=C(/C=C/c2cc3c4c(c2)CCCN4CCC3)O1.CC1=CC(=C2C(=O)c3ccccc3C2=O)C=C(/C=C/c2ccc3c(c2)CCCN3C)O1. The lowest BCUT2D eigenvalue weighted by atomic mass is 9.90. The van der Waals surface area contributed by atoms with Gasteiger partial charge < -0.3 is 28.9 Å². The first-order chi connectivity index (χ1) is 50.1. The smallest absolute Gasteiger partial charge is 0.283 e. The maximum atomic E-state index is 13.8. The maximum absolute atomic E-state index is 13.8. The van der Waals surface area contributed by atoms with Gasteiger partial charge in [-0.3, -0.25) is 28.8 Å². The van der Waals surface area contributed by atoms with Crippen LogP contribution in [0.25, 0.3) is 18.2 Å². The summed E-state index contributed by atoms with van der Waals surface area (Å²) in [7, 11) is 4.25. The van der Waals surface area contributed by atoms with Crippen molar-refractivity contribution in [1.82, 2.24) is 0 Å². The number of benzene rings is 7. The van der Waals surface area contributed by atoms with Crippen LogP contribution in [-0.4, -0.2) is 75.2 Å². The maximum Gasteiger partial charge on any atom is 0.283 e. The molecule has 7 aromatic carbocycles. The van der Waals surface area contributed by atoms with Crippen molar-refractivity contribution in [1.29, 1.82) is 0 Å². The number of hydrazine groups is 1. The number of carbonyl (C=O) groups is 6. The van der Waals surface area contributed by atoms with E-state index in [0.29, 0.717) is 84.9 Å². The van der Waals surface area contributed by atoms with Gasteiger partial charge in [0.2, 0.25) is 0 Å². The van der Waals surface area contributed by atoms with Gasteiger partial charge in [-0.05, 0) is 243 Å². The molecule has 0 atom stereocenters. The Morgan fingerprint density at radius 2 is 0.670 bits per heavy atom. The van der Waals surface area contributed by atoms with E-state index in [1.165, 1.54) is 80.8 Å². The molecule has 8 heterocycles. The molecule has 0 bridgehead atoms. The van der Waals surface area contributed by atoms with Crippen molar-refractivity contribution < 1.29 is 43.0 Å². The van der Waals surface area contributed by atoms with Gasteiger partial charge in [0.15, 0.2) is 23.1 Å². The van der Waals surface area contributed by atoms with E-state index >= 15 is 0 Å². The number of hydrogen-bond acceptors (Lipinski definition) is 12. The third-order valence-corrected chi connectivity index (χ3v) is 20.0. The lowest BCUT2D eigenvalue weighted by Gasteiger charge is -2.37. The normalized spacial score (nSPS) is 18.2. The van der Waals surface area contributed by atoms with Crippen molar-refractivity contribution >= 4 is 81.6 Å². The molecule has 2 aliphatic carbocycles. The molecular formula is C89H77N5O9. The Labute approximate surface area is 600 Å². The number of para-hydroxylation sites is 2. The van der Waals surface area contributed by atoms with E-state index < -0.39 is 0 Å². The average Bonchev–Trinajstić information content (AvgIpc) is 1.68. The largest absolute Gasteiger partial charge is 0.462 e. The van der Waals surface area contributed by atoms with E-state index in [1.54, 1.807) is 85.0 Å². The van der Waals surface area contributed by atoms with Gasteiger partial charge in [-0.15, -0.1) is 0 Å². The highest BCUT2D eigenvalue weighted by atomic mass is 16.5. The third kappa shape index (κ3) is 13.5. The van der Waals surface area contributed by atoms with Gasteiger partial charge in [-0.2, -0.15) is 0 Å². The first-order valence-electron chi connectivity index (χ1n) is 35.3. The van der Waals surface area contributed by atoms with Crippen molar-refractivity contribution in [3.63, 3.8) is 0 Å². The summed E-state index contributed by atoms with van der Waals surface area (Å²) in [5.74, 6) is 2.08. The van der Waals surface area contributed by atoms with Crippen molar-refractivity contribution in [2.75, 3.05) is 65.0 Å². The molecule has 2 amide bonds. The quantitative estimate of drug-likeness (QED) is 0.105. The second kappa shape index (κ2) is 28.5. The number of anilines is 5. The molecule has 17 rings (SSSR count). The van der Waals surface area contributed by atoms with Gasteiger partial charge in [0.05, 0.1) is 22.5 Å². The Hall–Kier alpha value is -12.2. The molecule has 1 fully saturated rings. The lowest BCUT2D eigenvalue weighted by Crippen LogP contribution is -2.41. The van der Waals surface area contributed by atoms with Gasteiger partial charge in [0, 0.05) is 79.6 Å². The van der Waals surface area contributed by atoms with Crippen LogP contribution >= 0.6 is 0 Å². The van der Waals surface area contributed by atoms with E-state index in [1.807, 2.05) is 112 Å². The van der Waals surface area contributed by atoms with E-state index in [2.05, 4.69) is 83.4 Å². The number of amides is 2. The van der Waals surface area contributed by atoms with E-state index in [0.717, 1.165) is 62.7 Å². The van der Waals surface area contributed by atoms with Crippen LogP contribution in [0.4, 0.5) is 28.4 Å². The van der Waals surface area contributed by atoms with Gasteiger partial charge in [-0.25, -0.2) is 10.0 Å². The number of ether oxygens (including phenoxy) is 3. The minimum Gasteiger partial charge on any atom is -0.462 e. The molecule has 0 aromatic heterocycles. The fraction of sp³-hybridized carbons (Fsp3) is 0.191. The highest BCUT2D eigenvalue weighted by Gasteiger charge is 2.45. The van der Waals surface area contributed by atoms with Crippen molar-refractivity contribution in [2.24, 2.45) is 0 Å². The zero-order chi connectivity index (χ0) is 71.0. The summed E-state index contributed by atoms with van der Waals surface area (Å²) >= 11 is 0. The Morgan fingerprint density at radius 3 is 1.06 bits per heavy atom. The summed E-state index contributed by atoms with van der Waals surface area (Å²) in [6.45, 7) is 9.99. The number of allylic oxidation sites excluding steroid dienone is 17. The molecule has 0 unspecified atom stereocenters. The summed E-state index contributed by atoms with van der Waals surface area (Å²) in [5, 5.41) is 2.87. The average molecular weight is 1360 g/mol.